The van der Waals surface area contributed by atoms with Gasteiger partial charge in [-0.05, 0) is 33.6 Å². The lowest BCUT2D eigenvalue weighted by Gasteiger charge is -2.46. The molecule has 0 aliphatic carbocycles. The molecule has 1 heterocycles. The number of rotatable bonds is 7. The van der Waals surface area contributed by atoms with E-state index in [-0.39, 0.29) is 5.54 Å². The third kappa shape index (κ3) is 4.94. The van der Waals surface area contributed by atoms with Crippen LogP contribution < -0.4 is 5.32 Å². The average Bonchev–Trinajstić information content (AvgIpc) is 2.29. The van der Waals surface area contributed by atoms with Gasteiger partial charge in [-0.1, -0.05) is 13.3 Å². The number of hydrogen-bond donors (Lipinski definition) is 1. The molecular weight excluding hydrogens is 212 g/mol. The smallest absolute Gasteiger partial charge is 0.0478 e. The van der Waals surface area contributed by atoms with Gasteiger partial charge in [0.2, 0.25) is 0 Å². The van der Waals surface area contributed by atoms with E-state index in [9.17, 15) is 0 Å². The zero-order valence-corrected chi connectivity index (χ0v) is 12.1. The van der Waals surface area contributed by atoms with Gasteiger partial charge in [-0.2, -0.15) is 0 Å². The summed E-state index contributed by atoms with van der Waals surface area (Å²) in [5, 5.41) is 3.67. The number of nitrogens with zero attached hydrogens (tertiary/aromatic N) is 1. The molecule has 0 spiro atoms. The van der Waals surface area contributed by atoms with Gasteiger partial charge in [-0.3, -0.25) is 4.90 Å². The third-order valence-electron chi connectivity index (χ3n) is 3.68. The second kappa shape index (κ2) is 7.34. The van der Waals surface area contributed by atoms with Gasteiger partial charge >= 0.3 is 0 Å². The molecule has 0 radical (unpaired) electrons. The van der Waals surface area contributed by atoms with Crippen LogP contribution in [0.5, 0.6) is 0 Å². The van der Waals surface area contributed by atoms with Crippen molar-refractivity contribution in [1.82, 2.24) is 10.2 Å². The molecule has 1 rings (SSSR count). The molecular formula is C14H30N2O. The Hall–Kier alpha value is -0.120. The molecule has 0 amide bonds. The summed E-state index contributed by atoms with van der Waals surface area (Å²) in [7, 11) is 0. The molecule has 3 nitrogen and oxygen atoms in total. The predicted molar refractivity (Wildman–Crippen MR) is 73.5 cm³/mol. The van der Waals surface area contributed by atoms with Crippen LogP contribution in [0.4, 0.5) is 0 Å². The molecule has 0 saturated carbocycles. The van der Waals surface area contributed by atoms with Crippen LogP contribution in [-0.4, -0.2) is 49.3 Å². The van der Waals surface area contributed by atoms with Crippen LogP contribution >= 0.6 is 0 Å². The minimum Gasteiger partial charge on any atom is -0.382 e. The Bertz CT molecular complexity index is 206. The Morgan fingerprint density at radius 1 is 1.35 bits per heavy atom. The maximum atomic E-state index is 5.42. The van der Waals surface area contributed by atoms with E-state index in [4.69, 9.17) is 4.74 Å². The zero-order chi connectivity index (χ0) is 12.7. The van der Waals surface area contributed by atoms with Gasteiger partial charge in [0.25, 0.3) is 0 Å². The second-order valence-corrected chi connectivity index (χ2v) is 5.68. The molecule has 0 aromatic carbocycles. The van der Waals surface area contributed by atoms with Gasteiger partial charge in [0.15, 0.2) is 0 Å². The molecule has 1 fully saturated rings. The van der Waals surface area contributed by atoms with Gasteiger partial charge in [0, 0.05) is 44.4 Å². The van der Waals surface area contributed by atoms with Crippen LogP contribution in [-0.2, 0) is 4.74 Å². The van der Waals surface area contributed by atoms with Crippen LogP contribution in [0.25, 0.3) is 0 Å². The van der Waals surface area contributed by atoms with Crippen molar-refractivity contribution >= 4 is 0 Å². The zero-order valence-electron chi connectivity index (χ0n) is 12.1. The molecule has 0 aromatic rings. The highest BCUT2D eigenvalue weighted by atomic mass is 16.5. The van der Waals surface area contributed by atoms with Crippen molar-refractivity contribution in [3.05, 3.63) is 0 Å². The van der Waals surface area contributed by atoms with Crippen molar-refractivity contribution in [2.45, 2.75) is 58.5 Å². The first-order valence-electron chi connectivity index (χ1n) is 7.16. The van der Waals surface area contributed by atoms with Crippen molar-refractivity contribution in [1.29, 1.82) is 0 Å². The lowest BCUT2D eigenvalue weighted by Crippen LogP contribution is -2.62. The topological polar surface area (TPSA) is 24.5 Å². The van der Waals surface area contributed by atoms with Gasteiger partial charge in [0.05, 0.1) is 0 Å². The van der Waals surface area contributed by atoms with Crippen LogP contribution in [0.1, 0.15) is 47.0 Å². The van der Waals surface area contributed by atoms with Crippen molar-refractivity contribution in [3.8, 4) is 0 Å². The molecule has 0 aromatic heterocycles. The largest absolute Gasteiger partial charge is 0.382 e. The first kappa shape index (κ1) is 14.9. The molecule has 17 heavy (non-hydrogen) atoms. The molecule has 1 atom stereocenters. The average molecular weight is 242 g/mol. The van der Waals surface area contributed by atoms with E-state index in [1.54, 1.807) is 0 Å². The van der Waals surface area contributed by atoms with E-state index >= 15 is 0 Å². The standard InChI is InChI=1S/C14H30N2O/c1-5-8-13-11-16(9-7-10-17-6-2)14(3,4)12-15-13/h13,15H,5-12H2,1-4H3. The summed E-state index contributed by atoms with van der Waals surface area (Å²) in [6, 6.07) is 0.681. The minimum absolute atomic E-state index is 0.288. The normalized spacial score (nSPS) is 25.1. The summed E-state index contributed by atoms with van der Waals surface area (Å²) < 4.78 is 5.42. The highest BCUT2D eigenvalue weighted by molar-refractivity contribution is 4.92. The fourth-order valence-electron chi connectivity index (χ4n) is 2.52. The fraction of sp³-hybridized carbons (Fsp3) is 1.00. The van der Waals surface area contributed by atoms with Gasteiger partial charge in [-0.15, -0.1) is 0 Å². The van der Waals surface area contributed by atoms with Crippen LogP contribution in [0.2, 0.25) is 0 Å². The van der Waals surface area contributed by atoms with Crippen LogP contribution in [0, 0.1) is 0 Å². The summed E-state index contributed by atoms with van der Waals surface area (Å²) in [6.07, 6.45) is 3.71. The Kier molecular flexibility index (Phi) is 6.45. The summed E-state index contributed by atoms with van der Waals surface area (Å²) in [5.74, 6) is 0. The van der Waals surface area contributed by atoms with E-state index < -0.39 is 0 Å². The summed E-state index contributed by atoms with van der Waals surface area (Å²) in [4.78, 5) is 2.63. The second-order valence-electron chi connectivity index (χ2n) is 5.68. The number of ether oxygens (including phenoxy) is 1. The number of nitrogens with one attached hydrogen (secondary N) is 1. The summed E-state index contributed by atoms with van der Waals surface area (Å²) in [6.45, 7) is 14.2. The highest BCUT2D eigenvalue weighted by Gasteiger charge is 2.32. The Morgan fingerprint density at radius 2 is 2.12 bits per heavy atom. The lowest BCUT2D eigenvalue weighted by molar-refractivity contribution is 0.0504. The predicted octanol–water partition coefficient (Wildman–Crippen LogP) is 2.27. The third-order valence-corrected chi connectivity index (χ3v) is 3.68. The van der Waals surface area contributed by atoms with Crippen molar-refractivity contribution in [2.24, 2.45) is 0 Å². The van der Waals surface area contributed by atoms with Gasteiger partial charge < -0.3 is 10.1 Å². The van der Waals surface area contributed by atoms with E-state index in [0.717, 1.165) is 32.7 Å². The molecule has 0 bridgehead atoms. The van der Waals surface area contributed by atoms with Crippen LogP contribution in [0.3, 0.4) is 0 Å². The Labute approximate surface area is 107 Å². The van der Waals surface area contributed by atoms with E-state index in [0.29, 0.717) is 6.04 Å². The fourth-order valence-corrected chi connectivity index (χ4v) is 2.52. The SMILES string of the molecule is CCCC1CN(CCCOCC)C(C)(C)CN1. The summed E-state index contributed by atoms with van der Waals surface area (Å²) in [5.41, 5.74) is 0.288. The van der Waals surface area contributed by atoms with Gasteiger partial charge in [-0.25, -0.2) is 0 Å². The van der Waals surface area contributed by atoms with E-state index in [1.165, 1.54) is 19.4 Å². The molecule has 3 heteroatoms. The minimum atomic E-state index is 0.288. The van der Waals surface area contributed by atoms with Crippen molar-refractivity contribution < 1.29 is 4.74 Å². The van der Waals surface area contributed by atoms with Crippen LogP contribution in [0.15, 0.2) is 0 Å². The maximum absolute atomic E-state index is 5.42. The van der Waals surface area contributed by atoms with E-state index in [2.05, 4.69) is 37.9 Å². The number of hydrogen-bond acceptors (Lipinski definition) is 3. The first-order valence-corrected chi connectivity index (χ1v) is 7.16. The molecule has 1 aliphatic rings. The Morgan fingerprint density at radius 3 is 2.76 bits per heavy atom. The molecule has 1 aliphatic heterocycles. The number of piperazine rings is 1. The Balaban J connectivity index is 2.35. The van der Waals surface area contributed by atoms with E-state index in [1.807, 2.05) is 0 Å². The van der Waals surface area contributed by atoms with Gasteiger partial charge in [0.1, 0.15) is 0 Å². The molecule has 1 saturated heterocycles. The first-order chi connectivity index (χ1) is 8.10. The molecule has 1 N–H and O–H groups in total. The monoisotopic (exact) mass is 242 g/mol. The quantitative estimate of drug-likeness (QED) is 0.693. The van der Waals surface area contributed by atoms with Crippen molar-refractivity contribution in [3.63, 3.8) is 0 Å². The van der Waals surface area contributed by atoms with Crippen molar-refractivity contribution in [2.75, 3.05) is 32.8 Å². The maximum Gasteiger partial charge on any atom is 0.0478 e. The molecule has 1 unspecified atom stereocenters. The highest BCUT2D eigenvalue weighted by Crippen LogP contribution is 2.20. The molecule has 102 valence electrons. The summed E-state index contributed by atoms with van der Waals surface area (Å²) >= 11 is 0. The lowest BCUT2D eigenvalue weighted by atomic mass is 9.95.